The second kappa shape index (κ2) is 4.73. The van der Waals surface area contributed by atoms with E-state index < -0.39 is 27.7 Å². The van der Waals surface area contributed by atoms with Gasteiger partial charge in [-0.1, -0.05) is 5.46 Å². The van der Waals surface area contributed by atoms with Crippen LogP contribution >= 0.6 is 0 Å². The minimum absolute atomic E-state index is 0. The molecule has 0 amide bonds. The molecule has 1 aromatic rings. The van der Waals surface area contributed by atoms with Crippen LogP contribution in [0.2, 0.25) is 0 Å². The monoisotopic (exact) mass is 278 g/mol. The van der Waals surface area contributed by atoms with E-state index in [0.29, 0.717) is 29.3 Å². The van der Waals surface area contributed by atoms with Crippen molar-refractivity contribution in [3.8, 4) is 0 Å². The van der Waals surface area contributed by atoms with Crippen molar-refractivity contribution in [1.82, 2.24) is 9.19 Å². The van der Waals surface area contributed by atoms with Crippen molar-refractivity contribution in [2.24, 2.45) is 0 Å². The van der Waals surface area contributed by atoms with E-state index in [0.717, 1.165) is 0 Å². The molecule has 0 atom stereocenters. The van der Waals surface area contributed by atoms with E-state index in [1.807, 2.05) is 0 Å². The van der Waals surface area contributed by atoms with Gasteiger partial charge in [0.2, 0.25) is 0 Å². The molecule has 16 heavy (non-hydrogen) atoms. The van der Waals surface area contributed by atoms with Gasteiger partial charge in [0, 0.05) is 12.4 Å². The maximum atomic E-state index is 12.2. The second-order valence-electron chi connectivity index (χ2n) is 3.47. The van der Waals surface area contributed by atoms with Crippen LogP contribution in [-0.4, -0.2) is 29.8 Å². The molecule has 0 spiro atoms. The van der Waals surface area contributed by atoms with Gasteiger partial charge in [0.05, 0.1) is 5.25 Å². The molecular formula is C6H7BF3KN2O2S. The molecule has 1 aromatic heterocycles. The van der Waals surface area contributed by atoms with E-state index in [1.165, 1.54) is 0 Å². The van der Waals surface area contributed by atoms with Gasteiger partial charge in [0.1, 0.15) is 0 Å². The molecule has 1 aliphatic rings. The average Bonchev–Trinajstić information content (AvgIpc) is 2.80. The molecule has 4 nitrogen and oxygen atoms in total. The first-order valence-electron chi connectivity index (χ1n) is 4.31. The van der Waals surface area contributed by atoms with Gasteiger partial charge >= 0.3 is 58.4 Å². The zero-order valence-corrected chi connectivity index (χ0v) is 12.4. The van der Waals surface area contributed by atoms with Crippen LogP contribution in [0.25, 0.3) is 0 Å². The number of rotatable bonds is 3. The third-order valence-electron chi connectivity index (χ3n) is 2.16. The first kappa shape index (κ1) is 14.7. The summed E-state index contributed by atoms with van der Waals surface area (Å²) in [5, 5.41) is 2.68. The van der Waals surface area contributed by atoms with E-state index in [9.17, 15) is 21.4 Å². The third-order valence-corrected chi connectivity index (χ3v) is 4.20. The zero-order valence-electron chi connectivity index (χ0n) is 8.48. The number of hydrogen-bond acceptors (Lipinski definition) is 3. The Bertz CT molecular complexity index is 482. The molecule has 10 heteroatoms. The van der Waals surface area contributed by atoms with Gasteiger partial charge in [-0.05, 0) is 12.8 Å². The van der Waals surface area contributed by atoms with Crippen LogP contribution in [0, 0.1) is 0 Å². The van der Waals surface area contributed by atoms with Gasteiger partial charge < -0.3 is 12.9 Å². The van der Waals surface area contributed by atoms with E-state index >= 15 is 0 Å². The van der Waals surface area contributed by atoms with Crippen molar-refractivity contribution in [2.75, 3.05) is 0 Å². The van der Waals surface area contributed by atoms with Gasteiger partial charge in [0.25, 0.3) is 10.0 Å². The molecule has 1 fully saturated rings. The Labute approximate surface area is 133 Å². The molecule has 84 valence electrons. The average molecular weight is 278 g/mol. The van der Waals surface area contributed by atoms with Crippen molar-refractivity contribution in [3.05, 3.63) is 12.4 Å². The first-order valence-corrected chi connectivity index (χ1v) is 5.81. The fourth-order valence-electron chi connectivity index (χ4n) is 1.14. The molecule has 1 saturated carbocycles. The van der Waals surface area contributed by atoms with Gasteiger partial charge in [-0.2, -0.15) is 9.19 Å². The first-order chi connectivity index (χ1) is 6.82. The maximum Gasteiger partial charge on any atom is 1.00 e. The topological polar surface area (TPSA) is 52.0 Å². The fraction of sp³-hybridized carbons (Fsp3) is 0.500. The van der Waals surface area contributed by atoms with Gasteiger partial charge in [-0.25, -0.2) is 8.42 Å². The Hall–Kier alpha value is 0.651. The fourth-order valence-corrected chi connectivity index (χ4v) is 2.63. The van der Waals surface area contributed by atoms with Crippen LogP contribution < -0.4 is 56.8 Å². The number of hydrogen-bond donors (Lipinski definition) is 0. The maximum absolute atomic E-state index is 12.2. The molecule has 1 aliphatic carbocycles. The molecule has 0 saturated heterocycles. The molecule has 0 bridgehead atoms. The number of nitrogens with zero attached hydrogens (tertiary/aromatic N) is 2. The molecule has 1 heterocycles. The SMILES string of the molecule is O=S(=O)(C1CC1)n1cc([B-](F)(F)F)cn1.[K+]. The standard InChI is InChI=1S/C6H7BF3N2O2S.K/c8-7(9,10)5-3-11-12(4-5)15(13,14)6-1-2-6;/h3-4,6H,1-2H2;/q-1;+1. The second-order valence-corrected chi connectivity index (χ2v) is 5.54. The quantitative estimate of drug-likeness (QED) is 0.565. The minimum atomic E-state index is -5.19. The molecule has 0 radical (unpaired) electrons. The van der Waals surface area contributed by atoms with E-state index in [4.69, 9.17) is 0 Å². The summed E-state index contributed by atoms with van der Waals surface area (Å²) in [6.07, 6.45) is 2.07. The zero-order chi connectivity index (χ0) is 11.3. The van der Waals surface area contributed by atoms with Crippen molar-refractivity contribution in [2.45, 2.75) is 18.1 Å². The van der Waals surface area contributed by atoms with Gasteiger partial charge in [0.15, 0.2) is 0 Å². The van der Waals surface area contributed by atoms with Crippen molar-refractivity contribution < 1.29 is 72.7 Å². The van der Waals surface area contributed by atoms with Crippen LogP contribution in [-0.2, 0) is 10.0 Å². The summed E-state index contributed by atoms with van der Waals surface area (Å²) in [4.78, 5) is 0. The minimum Gasteiger partial charge on any atom is -0.445 e. The normalized spacial score (nSPS) is 16.9. The molecule has 0 unspecified atom stereocenters. The van der Waals surface area contributed by atoms with Crippen LogP contribution in [0.15, 0.2) is 12.4 Å². The van der Waals surface area contributed by atoms with Crippen molar-refractivity contribution in [3.63, 3.8) is 0 Å². The molecule has 0 aliphatic heterocycles. The van der Waals surface area contributed by atoms with E-state index in [-0.39, 0.29) is 51.4 Å². The number of aromatic nitrogens is 2. The Kier molecular flexibility index (Phi) is 4.35. The Morgan fingerprint density at radius 2 is 1.94 bits per heavy atom. The summed E-state index contributed by atoms with van der Waals surface area (Å²) in [6.45, 7) is -5.19. The van der Waals surface area contributed by atoms with Gasteiger partial charge in [-0.15, -0.1) is 0 Å². The Balaban J connectivity index is 0.00000128. The van der Waals surface area contributed by atoms with E-state index in [2.05, 4.69) is 5.10 Å². The molecule has 2 rings (SSSR count). The number of halogens is 3. The van der Waals surface area contributed by atoms with E-state index in [1.54, 1.807) is 0 Å². The summed E-state index contributed by atoms with van der Waals surface area (Å²) in [7, 11) is -3.69. The summed E-state index contributed by atoms with van der Waals surface area (Å²) < 4.78 is 60.0. The van der Waals surface area contributed by atoms with Crippen LogP contribution in [0.4, 0.5) is 12.9 Å². The molecule has 0 aromatic carbocycles. The van der Waals surface area contributed by atoms with Crippen LogP contribution in [0.3, 0.4) is 0 Å². The Morgan fingerprint density at radius 1 is 1.38 bits per heavy atom. The van der Waals surface area contributed by atoms with Crippen LogP contribution in [0.5, 0.6) is 0 Å². The summed E-state index contributed by atoms with van der Waals surface area (Å²) >= 11 is 0. The molecular weight excluding hydrogens is 271 g/mol. The van der Waals surface area contributed by atoms with Crippen molar-refractivity contribution in [1.29, 1.82) is 0 Å². The smallest absolute Gasteiger partial charge is 0.445 e. The summed E-state index contributed by atoms with van der Waals surface area (Å²) in [5.74, 6) is 0. The molecule has 0 N–H and O–H groups in total. The summed E-state index contributed by atoms with van der Waals surface area (Å²) in [6, 6.07) is 0. The predicted octanol–water partition coefficient (Wildman–Crippen LogP) is -2.72. The Morgan fingerprint density at radius 3 is 2.31 bits per heavy atom. The largest absolute Gasteiger partial charge is 1.00 e. The van der Waals surface area contributed by atoms with Crippen LogP contribution in [0.1, 0.15) is 12.8 Å². The third kappa shape index (κ3) is 2.91. The van der Waals surface area contributed by atoms with Crippen molar-refractivity contribution >= 4 is 22.5 Å². The van der Waals surface area contributed by atoms with Gasteiger partial charge in [-0.3, -0.25) is 0 Å². The predicted molar refractivity (Wildman–Crippen MR) is 48.3 cm³/mol. The summed E-state index contributed by atoms with van der Waals surface area (Å²) in [5.41, 5.74) is -0.987.